The second kappa shape index (κ2) is 6.54. The molecular weight excluding hydrogens is 292 g/mol. The molecule has 112 valence electrons. The standard InChI is InChI=1S/C17H18ClF2N/c1-4-21-17(12-5-6-13(18)14(19)9-12)16-11(3)7-10(2)8-15(16)20/h5-9,17,21H,4H2,1-3H3. The van der Waals surface area contributed by atoms with E-state index in [2.05, 4.69) is 5.32 Å². The Labute approximate surface area is 128 Å². The summed E-state index contributed by atoms with van der Waals surface area (Å²) in [4.78, 5) is 0. The second-order valence-corrected chi connectivity index (χ2v) is 5.55. The summed E-state index contributed by atoms with van der Waals surface area (Å²) in [5.74, 6) is -0.781. The van der Waals surface area contributed by atoms with Gasteiger partial charge in [0.05, 0.1) is 11.1 Å². The Hall–Kier alpha value is -1.45. The molecule has 2 rings (SSSR count). The lowest BCUT2D eigenvalue weighted by Gasteiger charge is -2.22. The summed E-state index contributed by atoms with van der Waals surface area (Å²) >= 11 is 5.72. The average molecular weight is 310 g/mol. The first-order chi connectivity index (χ1) is 9.93. The normalized spacial score (nSPS) is 12.5. The lowest BCUT2D eigenvalue weighted by molar-refractivity contribution is 0.551. The number of rotatable bonds is 4. The molecule has 0 spiro atoms. The minimum absolute atomic E-state index is 0.0649. The molecule has 0 aromatic heterocycles. The molecule has 0 aliphatic carbocycles. The highest BCUT2D eigenvalue weighted by Crippen LogP contribution is 2.30. The van der Waals surface area contributed by atoms with Gasteiger partial charge in [0.1, 0.15) is 11.6 Å². The molecule has 0 aliphatic heterocycles. The molecule has 0 radical (unpaired) electrons. The van der Waals surface area contributed by atoms with Crippen molar-refractivity contribution in [2.45, 2.75) is 26.8 Å². The van der Waals surface area contributed by atoms with Crippen LogP contribution in [-0.4, -0.2) is 6.54 Å². The summed E-state index contributed by atoms with van der Waals surface area (Å²) in [6, 6.07) is 7.60. The molecule has 1 N–H and O–H groups in total. The third-order valence-corrected chi connectivity index (χ3v) is 3.76. The zero-order chi connectivity index (χ0) is 15.6. The Balaban J connectivity index is 2.55. The Morgan fingerprint density at radius 3 is 2.38 bits per heavy atom. The van der Waals surface area contributed by atoms with Gasteiger partial charge >= 0.3 is 0 Å². The van der Waals surface area contributed by atoms with E-state index in [0.29, 0.717) is 17.7 Å². The smallest absolute Gasteiger partial charge is 0.142 e. The van der Waals surface area contributed by atoms with Gasteiger partial charge in [-0.3, -0.25) is 0 Å². The van der Waals surface area contributed by atoms with Crippen LogP contribution in [0.25, 0.3) is 0 Å². The van der Waals surface area contributed by atoms with Gasteiger partial charge in [-0.25, -0.2) is 8.78 Å². The van der Waals surface area contributed by atoms with E-state index >= 15 is 0 Å². The summed E-state index contributed by atoms with van der Waals surface area (Å²) in [6.45, 7) is 6.29. The molecule has 1 unspecified atom stereocenters. The molecule has 0 saturated carbocycles. The SMILES string of the molecule is CCNC(c1ccc(Cl)c(F)c1)c1c(C)cc(C)cc1F. The Morgan fingerprint density at radius 2 is 1.81 bits per heavy atom. The number of hydrogen-bond donors (Lipinski definition) is 1. The van der Waals surface area contributed by atoms with Gasteiger partial charge in [-0.1, -0.05) is 30.7 Å². The molecule has 0 saturated heterocycles. The van der Waals surface area contributed by atoms with E-state index in [4.69, 9.17) is 11.6 Å². The first-order valence-corrected chi connectivity index (χ1v) is 7.26. The van der Waals surface area contributed by atoms with Crippen LogP contribution in [0.1, 0.15) is 35.2 Å². The molecule has 0 amide bonds. The largest absolute Gasteiger partial charge is 0.306 e. The number of aryl methyl sites for hydroxylation is 2. The fraction of sp³-hybridized carbons (Fsp3) is 0.294. The highest BCUT2D eigenvalue weighted by molar-refractivity contribution is 6.30. The fourth-order valence-electron chi connectivity index (χ4n) is 2.58. The van der Waals surface area contributed by atoms with E-state index in [-0.39, 0.29) is 10.8 Å². The average Bonchev–Trinajstić information content (AvgIpc) is 2.40. The summed E-state index contributed by atoms with van der Waals surface area (Å²) in [5, 5.41) is 3.28. The second-order valence-electron chi connectivity index (χ2n) is 5.14. The molecule has 2 aromatic rings. The molecule has 0 bridgehead atoms. The van der Waals surface area contributed by atoms with Crippen LogP contribution in [0, 0.1) is 25.5 Å². The molecule has 1 atom stereocenters. The van der Waals surface area contributed by atoms with E-state index in [0.717, 1.165) is 11.1 Å². The summed E-state index contributed by atoms with van der Waals surface area (Å²) in [6.07, 6.45) is 0. The lowest BCUT2D eigenvalue weighted by atomic mass is 9.93. The van der Waals surface area contributed by atoms with Crippen LogP contribution in [0.3, 0.4) is 0 Å². The monoisotopic (exact) mass is 309 g/mol. The molecule has 21 heavy (non-hydrogen) atoms. The maximum absolute atomic E-state index is 14.4. The molecule has 4 heteroatoms. The van der Waals surface area contributed by atoms with Gasteiger partial charge in [0, 0.05) is 5.56 Å². The van der Waals surface area contributed by atoms with Crippen molar-refractivity contribution >= 4 is 11.6 Å². The summed E-state index contributed by atoms with van der Waals surface area (Å²) < 4.78 is 28.1. The minimum atomic E-state index is -0.498. The number of benzene rings is 2. The first-order valence-electron chi connectivity index (χ1n) is 6.89. The van der Waals surface area contributed by atoms with Gasteiger partial charge in [-0.15, -0.1) is 0 Å². The predicted octanol–water partition coefficient (Wildman–Crippen LogP) is 4.93. The van der Waals surface area contributed by atoms with Gasteiger partial charge in [-0.2, -0.15) is 0 Å². The minimum Gasteiger partial charge on any atom is -0.306 e. The highest BCUT2D eigenvalue weighted by Gasteiger charge is 2.20. The molecule has 0 heterocycles. The summed E-state index contributed by atoms with van der Waals surface area (Å²) in [7, 11) is 0. The molecular formula is C17H18ClF2N. The Morgan fingerprint density at radius 1 is 1.10 bits per heavy atom. The van der Waals surface area contributed by atoms with E-state index in [9.17, 15) is 8.78 Å². The fourth-order valence-corrected chi connectivity index (χ4v) is 2.69. The molecule has 1 nitrogen and oxygen atoms in total. The van der Waals surface area contributed by atoms with Gasteiger partial charge in [0.15, 0.2) is 0 Å². The zero-order valence-electron chi connectivity index (χ0n) is 12.3. The van der Waals surface area contributed by atoms with Crippen LogP contribution in [0.4, 0.5) is 8.78 Å². The zero-order valence-corrected chi connectivity index (χ0v) is 13.1. The van der Waals surface area contributed by atoms with E-state index in [1.807, 2.05) is 26.8 Å². The third-order valence-electron chi connectivity index (χ3n) is 3.45. The Bertz CT molecular complexity index is 632. The van der Waals surface area contributed by atoms with Crippen molar-refractivity contribution in [1.82, 2.24) is 5.32 Å². The van der Waals surface area contributed by atoms with Crippen LogP contribution in [0.2, 0.25) is 5.02 Å². The van der Waals surface area contributed by atoms with Crippen molar-refractivity contribution in [3.05, 3.63) is 69.2 Å². The van der Waals surface area contributed by atoms with Gasteiger partial charge < -0.3 is 5.32 Å². The number of nitrogens with one attached hydrogen (secondary N) is 1. The van der Waals surface area contributed by atoms with E-state index in [1.54, 1.807) is 6.07 Å². The van der Waals surface area contributed by atoms with Gasteiger partial charge in [0.25, 0.3) is 0 Å². The Kier molecular flexibility index (Phi) is 4.96. The molecule has 0 fully saturated rings. The van der Waals surface area contributed by atoms with Gasteiger partial charge in [0.2, 0.25) is 0 Å². The number of halogens is 3. The maximum Gasteiger partial charge on any atom is 0.142 e. The van der Waals surface area contributed by atoms with Crippen molar-refractivity contribution in [3.63, 3.8) is 0 Å². The third kappa shape index (κ3) is 3.42. The van der Waals surface area contributed by atoms with E-state index in [1.165, 1.54) is 18.2 Å². The highest BCUT2D eigenvalue weighted by atomic mass is 35.5. The van der Waals surface area contributed by atoms with Crippen LogP contribution in [-0.2, 0) is 0 Å². The topological polar surface area (TPSA) is 12.0 Å². The maximum atomic E-state index is 14.4. The quantitative estimate of drug-likeness (QED) is 0.844. The summed E-state index contributed by atoms with van der Waals surface area (Å²) in [5.41, 5.74) is 2.91. The predicted molar refractivity (Wildman–Crippen MR) is 82.8 cm³/mol. The van der Waals surface area contributed by atoms with Crippen LogP contribution in [0.5, 0.6) is 0 Å². The first kappa shape index (κ1) is 15.9. The van der Waals surface area contributed by atoms with E-state index < -0.39 is 11.9 Å². The van der Waals surface area contributed by atoms with Crippen molar-refractivity contribution < 1.29 is 8.78 Å². The van der Waals surface area contributed by atoms with Gasteiger partial charge in [-0.05, 0) is 55.3 Å². The van der Waals surface area contributed by atoms with Crippen molar-refractivity contribution in [2.24, 2.45) is 0 Å². The molecule has 0 aliphatic rings. The lowest BCUT2D eigenvalue weighted by Crippen LogP contribution is -2.24. The molecule has 2 aromatic carbocycles. The van der Waals surface area contributed by atoms with Crippen molar-refractivity contribution in [3.8, 4) is 0 Å². The van der Waals surface area contributed by atoms with Crippen LogP contribution >= 0.6 is 11.6 Å². The van der Waals surface area contributed by atoms with Crippen molar-refractivity contribution in [2.75, 3.05) is 6.54 Å². The van der Waals surface area contributed by atoms with Crippen molar-refractivity contribution in [1.29, 1.82) is 0 Å². The van der Waals surface area contributed by atoms with Crippen LogP contribution < -0.4 is 5.32 Å². The number of hydrogen-bond acceptors (Lipinski definition) is 1. The van der Waals surface area contributed by atoms with Crippen LogP contribution in [0.15, 0.2) is 30.3 Å².